The van der Waals surface area contributed by atoms with Crippen molar-refractivity contribution in [3.05, 3.63) is 71.9 Å². The third-order valence-electron chi connectivity index (χ3n) is 4.27. The standard InChI is InChI=1S/C20H14N4O2/c21-10-11-23-13-14(16-8-4-5-9-18(16)23)12-17-19(25)22-24(20(17)26)15-6-2-1-3-7-15/h1-9,12-13H,11H2,(H,22,25). The molecule has 0 bridgehead atoms. The van der Waals surface area contributed by atoms with Crippen LogP contribution in [-0.2, 0) is 16.1 Å². The molecule has 2 aromatic carbocycles. The van der Waals surface area contributed by atoms with Gasteiger partial charge < -0.3 is 4.57 Å². The van der Waals surface area contributed by atoms with Crippen LogP contribution in [0, 0.1) is 11.3 Å². The molecule has 1 aliphatic rings. The van der Waals surface area contributed by atoms with E-state index in [1.165, 1.54) is 5.01 Å². The zero-order valence-electron chi connectivity index (χ0n) is 13.7. The summed E-state index contributed by atoms with van der Waals surface area (Å²) in [6.45, 7) is 0.194. The molecule has 0 saturated carbocycles. The maximum Gasteiger partial charge on any atom is 0.282 e. The maximum atomic E-state index is 12.7. The van der Waals surface area contributed by atoms with Crippen LogP contribution >= 0.6 is 0 Å². The molecule has 2 amide bonds. The van der Waals surface area contributed by atoms with Crippen molar-refractivity contribution in [3.8, 4) is 6.07 Å². The van der Waals surface area contributed by atoms with Gasteiger partial charge in [0, 0.05) is 22.7 Å². The van der Waals surface area contributed by atoms with E-state index in [-0.39, 0.29) is 12.1 Å². The number of hydrazine groups is 1. The largest absolute Gasteiger partial charge is 0.333 e. The molecule has 0 radical (unpaired) electrons. The van der Waals surface area contributed by atoms with Crippen molar-refractivity contribution < 1.29 is 9.59 Å². The molecule has 1 N–H and O–H groups in total. The van der Waals surface area contributed by atoms with Crippen molar-refractivity contribution in [2.75, 3.05) is 5.01 Å². The quantitative estimate of drug-likeness (QED) is 0.587. The summed E-state index contributed by atoms with van der Waals surface area (Å²) in [5.74, 6) is -0.853. The smallest absolute Gasteiger partial charge is 0.282 e. The first-order valence-electron chi connectivity index (χ1n) is 8.06. The molecule has 0 atom stereocenters. The summed E-state index contributed by atoms with van der Waals surface area (Å²) in [6.07, 6.45) is 3.36. The molecule has 6 nitrogen and oxygen atoms in total. The predicted molar refractivity (Wildman–Crippen MR) is 97.6 cm³/mol. The van der Waals surface area contributed by atoms with Gasteiger partial charge in [0.25, 0.3) is 11.8 Å². The molecule has 1 saturated heterocycles. The molecule has 0 unspecified atom stereocenters. The molecule has 0 spiro atoms. The molecule has 3 aromatic rings. The Kier molecular flexibility index (Phi) is 3.75. The Morgan fingerprint density at radius 3 is 2.54 bits per heavy atom. The number of amides is 2. The number of rotatable bonds is 3. The van der Waals surface area contributed by atoms with Gasteiger partial charge in [0.15, 0.2) is 0 Å². The lowest BCUT2D eigenvalue weighted by molar-refractivity contribution is -0.117. The SMILES string of the molecule is N#CCn1cc(C=C2C(=O)NN(c3ccccc3)C2=O)c2ccccc21. The van der Waals surface area contributed by atoms with Gasteiger partial charge in [-0.25, -0.2) is 5.01 Å². The van der Waals surface area contributed by atoms with Crippen LogP contribution in [0.1, 0.15) is 5.56 Å². The van der Waals surface area contributed by atoms with E-state index in [0.717, 1.165) is 16.5 Å². The van der Waals surface area contributed by atoms with Gasteiger partial charge in [-0.15, -0.1) is 0 Å². The fourth-order valence-electron chi connectivity index (χ4n) is 3.07. The van der Waals surface area contributed by atoms with E-state index in [9.17, 15) is 9.59 Å². The summed E-state index contributed by atoms with van der Waals surface area (Å²) in [5, 5.41) is 11.1. The van der Waals surface area contributed by atoms with Crippen molar-refractivity contribution in [2.45, 2.75) is 6.54 Å². The molecular weight excluding hydrogens is 328 g/mol. The highest BCUT2D eigenvalue weighted by molar-refractivity contribution is 6.32. The predicted octanol–water partition coefficient (Wildman–Crippen LogP) is 2.63. The molecule has 1 fully saturated rings. The van der Waals surface area contributed by atoms with Gasteiger partial charge in [0.1, 0.15) is 12.1 Å². The number of aromatic nitrogens is 1. The van der Waals surface area contributed by atoms with Crippen LogP contribution in [0.2, 0.25) is 0 Å². The number of para-hydroxylation sites is 2. The minimum absolute atomic E-state index is 0.0636. The number of nitriles is 1. The molecular formula is C20H14N4O2. The van der Waals surface area contributed by atoms with Crippen LogP contribution in [-0.4, -0.2) is 16.4 Å². The van der Waals surface area contributed by atoms with Gasteiger partial charge in [0.2, 0.25) is 0 Å². The highest BCUT2D eigenvalue weighted by Crippen LogP contribution is 2.26. The average molecular weight is 342 g/mol. The van der Waals surface area contributed by atoms with E-state index in [1.807, 2.05) is 30.3 Å². The van der Waals surface area contributed by atoms with Gasteiger partial charge >= 0.3 is 0 Å². The van der Waals surface area contributed by atoms with E-state index in [1.54, 1.807) is 41.1 Å². The second-order valence-electron chi connectivity index (χ2n) is 5.86. The third kappa shape index (κ3) is 2.52. The maximum absolute atomic E-state index is 12.7. The van der Waals surface area contributed by atoms with Crippen LogP contribution in [0.15, 0.2) is 66.4 Å². The Hall–Kier alpha value is -3.85. The molecule has 1 aromatic heterocycles. The number of nitrogens with zero attached hydrogens (tertiary/aromatic N) is 3. The summed E-state index contributed by atoms with van der Waals surface area (Å²) in [7, 11) is 0. The first-order chi connectivity index (χ1) is 12.7. The molecule has 1 aliphatic heterocycles. The lowest BCUT2D eigenvalue weighted by Gasteiger charge is -2.13. The second-order valence-corrected chi connectivity index (χ2v) is 5.86. The van der Waals surface area contributed by atoms with Crippen molar-refractivity contribution in [3.63, 3.8) is 0 Å². The molecule has 26 heavy (non-hydrogen) atoms. The van der Waals surface area contributed by atoms with Crippen molar-refractivity contribution in [2.24, 2.45) is 0 Å². The number of carbonyl (C=O) groups is 2. The summed E-state index contributed by atoms with van der Waals surface area (Å²) in [5.41, 5.74) is 4.86. The molecule has 0 aliphatic carbocycles. The van der Waals surface area contributed by atoms with Gasteiger partial charge in [-0.2, -0.15) is 5.26 Å². The number of nitrogens with one attached hydrogen (secondary N) is 1. The monoisotopic (exact) mass is 342 g/mol. The van der Waals surface area contributed by atoms with Gasteiger partial charge in [-0.05, 0) is 24.3 Å². The molecule has 126 valence electrons. The third-order valence-corrected chi connectivity index (χ3v) is 4.27. The molecule has 2 heterocycles. The van der Waals surface area contributed by atoms with Crippen molar-refractivity contribution in [1.29, 1.82) is 5.26 Å². The van der Waals surface area contributed by atoms with E-state index >= 15 is 0 Å². The number of hydrogen-bond acceptors (Lipinski definition) is 3. The Labute approximate surface area is 149 Å². The van der Waals surface area contributed by atoms with Gasteiger partial charge in [0.05, 0.1) is 11.8 Å². The van der Waals surface area contributed by atoms with Crippen molar-refractivity contribution in [1.82, 2.24) is 9.99 Å². The lowest BCUT2D eigenvalue weighted by atomic mass is 10.1. The van der Waals surface area contributed by atoms with Crippen LogP contribution in [0.5, 0.6) is 0 Å². The summed E-state index contributed by atoms with van der Waals surface area (Å²) in [6, 6.07) is 18.6. The zero-order valence-corrected chi connectivity index (χ0v) is 13.7. The first-order valence-corrected chi connectivity index (χ1v) is 8.06. The van der Waals surface area contributed by atoms with E-state index in [2.05, 4.69) is 11.5 Å². The second kappa shape index (κ2) is 6.22. The van der Waals surface area contributed by atoms with Crippen LogP contribution in [0.25, 0.3) is 17.0 Å². The average Bonchev–Trinajstić information content (AvgIpc) is 3.16. The number of carbonyl (C=O) groups excluding carboxylic acids is 2. The topological polar surface area (TPSA) is 78.1 Å². The molecule has 4 rings (SSSR count). The Balaban J connectivity index is 1.77. The minimum atomic E-state index is -0.448. The summed E-state index contributed by atoms with van der Waals surface area (Å²) in [4.78, 5) is 25.0. The Morgan fingerprint density at radius 2 is 1.77 bits per heavy atom. The molecule has 6 heteroatoms. The zero-order chi connectivity index (χ0) is 18.1. The van der Waals surface area contributed by atoms with E-state index in [0.29, 0.717) is 5.69 Å². The van der Waals surface area contributed by atoms with E-state index < -0.39 is 11.8 Å². The fourth-order valence-corrected chi connectivity index (χ4v) is 3.07. The lowest BCUT2D eigenvalue weighted by Crippen LogP contribution is -2.35. The first kappa shape index (κ1) is 15.7. The summed E-state index contributed by atoms with van der Waals surface area (Å²) >= 11 is 0. The van der Waals surface area contributed by atoms with Gasteiger partial charge in [-0.3, -0.25) is 15.0 Å². The van der Waals surface area contributed by atoms with Crippen LogP contribution < -0.4 is 10.4 Å². The number of benzene rings is 2. The highest BCUT2D eigenvalue weighted by Gasteiger charge is 2.34. The summed E-state index contributed by atoms with van der Waals surface area (Å²) < 4.78 is 1.80. The normalized spacial score (nSPS) is 15.5. The number of fused-ring (bicyclic) bond motifs is 1. The van der Waals surface area contributed by atoms with Crippen LogP contribution in [0.3, 0.4) is 0 Å². The van der Waals surface area contributed by atoms with Crippen molar-refractivity contribution >= 4 is 34.5 Å². The van der Waals surface area contributed by atoms with Crippen LogP contribution in [0.4, 0.5) is 5.69 Å². The number of hydrogen-bond donors (Lipinski definition) is 1. The fraction of sp³-hybridized carbons (Fsp3) is 0.0500. The van der Waals surface area contributed by atoms with E-state index in [4.69, 9.17) is 5.26 Å². The highest BCUT2D eigenvalue weighted by atomic mass is 16.2. The number of anilines is 1. The Morgan fingerprint density at radius 1 is 1.04 bits per heavy atom. The van der Waals surface area contributed by atoms with Gasteiger partial charge in [-0.1, -0.05) is 36.4 Å². The minimum Gasteiger partial charge on any atom is -0.333 e. The Bertz CT molecular complexity index is 1090.